The molecule has 2 heterocycles. The number of carbonyl (C=O) groups excluding carboxylic acids is 1. The van der Waals surface area contributed by atoms with Crippen LogP contribution in [-0.2, 0) is 17.9 Å². The van der Waals surface area contributed by atoms with E-state index in [1.54, 1.807) is 7.11 Å². The Bertz CT molecular complexity index is 643. The Labute approximate surface area is 119 Å². The molecule has 0 atom stereocenters. The summed E-state index contributed by atoms with van der Waals surface area (Å²) in [5, 5.41) is 3.69. The summed E-state index contributed by atoms with van der Waals surface area (Å²) in [5.41, 5.74) is 1.08. The lowest BCUT2D eigenvalue weighted by atomic mass is 10.2. The van der Waals surface area contributed by atoms with Gasteiger partial charge in [-0.3, -0.25) is 9.59 Å². The van der Waals surface area contributed by atoms with Gasteiger partial charge < -0.3 is 15.0 Å². The molecule has 0 fully saturated rings. The summed E-state index contributed by atoms with van der Waals surface area (Å²) in [6, 6.07) is 2.81. The maximum absolute atomic E-state index is 11.9. The summed E-state index contributed by atoms with van der Waals surface area (Å²) < 4.78 is 5.03. The van der Waals surface area contributed by atoms with Gasteiger partial charge in [0.1, 0.15) is 5.01 Å². The fourth-order valence-electron chi connectivity index (χ4n) is 1.65. The molecule has 20 heavy (non-hydrogen) atoms. The fourth-order valence-corrected chi connectivity index (χ4v) is 2.63. The number of carbonyl (C=O) groups is 1. The molecule has 2 N–H and O–H groups in total. The van der Waals surface area contributed by atoms with Gasteiger partial charge in [-0.2, -0.15) is 0 Å². The van der Waals surface area contributed by atoms with Gasteiger partial charge in [0.2, 0.25) is 5.56 Å². The van der Waals surface area contributed by atoms with Crippen LogP contribution in [0.3, 0.4) is 0 Å². The van der Waals surface area contributed by atoms with E-state index < -0.39 is 0 Å². The number of nitrogens with zero attached hydrogens (tertiary/aromatic N) is 1. The van der Waals surface area contributed by atoms with Crippen molar-refractivity contribution in [3.05, 3.63) is 49.8 Å². The van der Waals surface area contributed by atoms with Crippen LogP contribution in [0.2, 0.25) is 0 Å². The summed E-state index contributed by atoms with van der Waals surface area (Å²) in [7, 11) is 1.62. The fraction of sp³-hybridized carbons (Fsp3) is 0.308. The molecule has 106 valence electrons. The number of aryl methyl sites for hydroxylation is 1. The van der Waals surface area contributed by atoms with E-state index in [1.165, 1.54) is 29.7 Å². The van der Waals surface area contributed by atoms with Gasteiger partial charge in [0, 0.05) is 24.3 Å². The number of amides is 1. The second-order valence-corrected chi connectivity index (χ2v) is 5.34. The molecule has 0 saturated carbocycles. The first kappa shape index (κ1) is 14.4. The lowest BCUT2D eigenvalue weighted by Crippen LogP contribution is -2.23. The highest BCUT2D eigenvalue weighted by Crippen LogP contribution is 2.18. The van der Waals surface area contributed by atoms with Crippen molar-refractivity contribution in [3.63, 3.8) is 0 Å². The minimum absolute atomic E-state index is 0.232. The van der Waals surface area contributed by atoms with E-state index in [-0.39, 0.29) is 11.5 Å². The van der Waals surface area contributed by atoms with Crippen LogP contribution in [0.25, 0.3) is 0 Å². The Hall–Kier alpha value is -1.99. The van der Waals surface area contributed by atoms with Crippen molar-refractivity contribution in [2.45, 2.75) is 20.1 Å². The highest BCUT2D eigenvalue weighted by atomic mass is 32.1. The second kappa shape index (κ2) is 6.44. The Morgan fingerprint density at radius 2 is 2.30 bits per heavy atom. The van der Waals surface area contributed by atoms with Crippen LogP contribution in [0.15, 0.2) is 23.1 Å². The third-order valence-electron chi connectivity index (χ3n) is 2.66. The van der Waals surface area contributed by atoms with Crippen LogP contribution in [0.1, 0.15) is 25.9 Å². The monoisotopic (exact) mass is 293 g/mol. The summed E-state index contributed by atoms with van der Waals surface area (Å²) in [6.07, 6.45) is 1.40. The van der Waals surface area contributed by atoms with Crippen molar-refractivity contribution in [1.29, 1.82) is 0 Å². The lowest BCUT2D eigenvalue weighted by Gasteiger charge is -2.03. The molecular weight excluding hydrogens is 278 g/mol. The number of hydrogen-bond acceptors (Lipinski definition) is 5. The molecule has 0 aliphatic rings. The van der Waals surface area contributed by atoms with Crippen molar-refractivity contribution in [3.8, 4) is 0 Å². The molecule has 0 spiro atoms. The normalized spacial score (nSPS) is 10.5. The first-order valence-corrected chi connectivity index (χ1v) is 6.83. The summed E-state index contributed by atoms with van der Waals surface area (Å²) >= 11 is 1.52. The molecule has 0 saturated heterocycles. The van der Waals surface area contributed by atoms with Crippen molar-refractivity contribution >= 4 is 17.2 Å². The van der Waals surface area contributed by atoms with E-state index in [1.807, 2.05) is 6.92 Å². The highest BCUT2D eigenvalue weighted by Gasteiger charge is 2.10. The summed E-state index contributed by atoms with van der Waals surface area (Å²) in [5.74, 6) is -0.234. The predicted molar refractivity (Wildman–Crippen MR) is 75.8 cm³/mol. The van der Waals surface area contributed by atoms with Crippen molar-refractivity contribution in [1.82, 2.24) is 15.3 Å². The van der Waals surface area contributed by atoms with Gasteiger partial charge in [0.15, 0.2) is 0 Å². The summed E-state index contributed by atoms with van der Waals surface area (Å²) in [4.78, 5) is 30.6. The third-order valence-corrected chi connectivity index (χ3v) is 3.79. The van der Waals surface area contributed by atoms with Crippen molar-refractivity contribution < 1.29 is 9.53 Å². The Balaban J connectivity index is 1.99. The van der Waals surface area contributed by atoms with E-state index >= 15 is 0 Å². The molecule has 0 aliphatic heterocycles. The number of rotatable bonds is 5. The standard InChI is InChI=1S/C13H15N3O3S/c1-8-10(20-12(16-8)7-19-2)6-15-13(18)9-3-4-11(17)14-5-9/h3-5H,6-7H2,1-2H3,(H,14,17)(H,15,18). The zero-order valence-electron chi connectivity index (χ0n) is 11.2. The average molecular weight is 293 g/mol. The van der Waals surface area contributed by atoms with E-state index in [0.29, 0.717) is 18.7 Å². The Kier molecular flexibility index (Phi) is 4.65. The number of aromatic nitrogens is 2. The van der Waals surface area contributed by atoms with E-state index in [2.05, 4.69) is 15.3 Å². The third kappa shape index (κ3) is 3.52. The Morgan fingerprint density at radius 1 is 1.50 bits per heavy atom. The van der Waals surface area contributed by atoms with Gasteiger partial charge in [0.25, 0.3) is 5.91 Å². The van der Waals surface area contributed by atoms with Crippen LogP contribution in [0.4, 0.5) is 0 Å². The maximum Gasteiger partial charge on any atom is 0.253 e. The van der Waals surface area contributed by atoms with Gasteiger partial charge in [-0.15, -0.1) is 11.3 Å². The number of ether oxygens (including phenoxy) is 1. The molecule has 0 unspecified atom stereocenters. The number of methoxy groups -OCH3 is 1. The largest absolute Gasteiger partial charge is 0.378 e. The Morgan fingerprint density at radius 3 is 2.95 bits per heavy atom. The van der Waals surface area contributed by atoms with Gasteiger partial charge in [-0.05, 0) is 13.0 Å². The topological polar surface area (TPSA) is 84.1 Å². The SMILES string of the molecule is COCc1nc(C)c(CNC(=O)c2ccc(=O)[nH]c2)s1. The van der Waals surface area contributed by atoms with Crippen LogP contribution in [0, 0.1) is 6.92 Å². The molecular formula is C13H15N3O3S. The van der Waals surface area contributed by atoms with E-state index in [0.717, 1.165) is 15.6 Å². The number of H-pyrrole nitrogens is 1. The minimum atomic E-state index is -0.234. The summed E-state index contributed by atoms with van der Waals surface area (Å²) in [6.45, 7) is 2.78. The molecule has 0 radical (unpaired) electrons. The quantitative estimate of drug-likeness (QED) is 0.868. The molecule has 2 aromatic rings. The molecule has 2 aromatic heterocycles. The van der Waals surface area contributed by atoms with Gasteiger partial charge in [-0.1, -0.05) is 0 Å². The van der Waals surface area contributed by atoms with Crippen LogP contribution >= 0.6 is 11.3 Å². The van der Waals surface area contributed by atoms with Gasteiger partial charge in [0.05, 0.1) is 24.4 Å². The van der Waals surface area contributed by atoms with Gasteiger partial charge in [-0.25, -0.2) is 4.98 Å². The molecule has 2 rings (SSSR count). The second-order valence-electron chi connectivity index (χ2n) is 4.17. The first-order valence-electron chi connectivity index (χ1n) is 6.01. The average Bonchev–Trinajstić information content (AvgIpc) is 2.77. The van der Waals surface area contributed by atoms with Crippen molar-refractivity contribution in [2.75, 3.05) is 7.11 Å². The van der Waals surface area contributed by atoms with Crippen LogP contribution < -0.4 is 10.9 Å². The highest BCUT2D eigenvalue weighted by molar-refractivity contribution is 7.11. The molecule has 1 amide bonds. The van der Waals surface area contributed by atoms with Crippen LogP contribution in [-0.4, -0.2) is 23.0 Å². The van der Waals surface area contributed by atoms with E-state index in [9.17, 15) is 9.59 Å². The molecule has 7 heteroatoms. The smallest absolute Gasteiger partial charge is 0.253 e. The molecule has 0 aromatic carbocycles. The van der Waals surface area contributed by atoms with Crippen LogP contribution in [0.5, 0.6) is 0 Å². The zero-order chi connectivity index (χ0) is 14.5. The number of nitrogens with one attached hydrogen (secondary N) is 2. The predicted octanol–water partition coefficient (Wildman–Crippen LogP) is 1.22. The molecule has 0 bridgehead atoms. The first-order chi connectivity index (χ1) is 9.60. The number of aromatic amines is 1. The van der Waals surface area contributed by atoms with Gasteiger partial charge >= 0.3 is 0 Å². The van der Waals surface area contributed by atoms with Crippen molar-refractivity contribution in [2.24, 2.45) is 0 Å². The molecule has 6 nitrogen and oxygen atoms in total. The molecule has 0 aliphatic carbocycles. The minimum Gasteiger partial charge on any atom is -0.378 e. The van der Waals surface area contributed by atoms with E-state index in [4.69, 9.17) is 4.74 Å². The lowest BCUT2D eigenvalue weighted by molar-refractivity contribution is 0.0951. The maximum atomic E-state index is 11.9. The number of hydrogen-bond donors (Lipinski definition) is 2. The number of pyridine rings is 1. The zero-order valence-corrected chi connectivity index (χ0v) is 12.0. The number of thiazole rings is 1.